The molecule has 1 amide bonds. The number of nitro groups is 1. The Morgan fingerprint density at radius 3 is 2.56 bits per heavy atom. The van der Waals surface area contributed by atoms with Gasteiger partial charge in [0.25, 0.3) is 11.6 Å². The zero-order valence-electron chi connectivity index (χ0n) is 13.5. The van der Waals surface area contributed by atoms with Gasteiger partial charge in [0.1, 0.15) is 11.8 Å². The van der Waals surface area contributed by atoms with Gasteiger partial charge in [0.2, 0.25) is 0 Å². The molecule has 0 aromatic heterocycles. The predicted octanol–water partition coefficient (Wildman–Crippen LogP) is 2.38. The van der Waals surface area contributed by atoms with E-state index in [4.69, 9.17) is 38.8 Å². The van der Waals surface area contributed by atoms with Crippen molar-refractivity contribution in [3.05, 3.63) is 62.1 Å². The van der Waals surface area contributed by atoms with Crippen LogP contribution in [0, 0.1) is 10.1 Å². The van der Waals surface area contributed by atoms with Gasteiger partial charge in [0.15, 0.2) is 0 Å². The molecule has 0 aliphatic heterocycles. The molecule has 0 heterocycles. The monoisotopic (exact) mass is 413 g/mol. The fourth-order valence-corrected chi connectivity index (χ4v) is 2.33. The summed E-state index contributed by atoms with van der Waals surface area (Å²) in [6, 6.07) is 6.16. The summed E-state index contributed by atoms with van der Waals surface area (Å²) in [5.41, 5.74) is 5.14. The highest BCUT2D eigenvalue weighted by Gasteiger charge is 2.21. The molecule has 2 aromatic carbocycles. The van der Waals surface area contributed by atoms with Crippen LogP contribution in [0.5, 0.6) is 5.75 Å². The number of nitrogens with one attached hydrogen (secondary N) is 1. The fraction of sp³-hybridized carbons (Fsp3) is 0.125. The van der Waals surface area contributed by atoms with Crippen LogP contribution in [0.1, 0.15) is 10.4 Å². The highest BCUT2D eigenvalue weighted by atomic mass is 35.5. The van der Waals surface area contributed by atoms with Crippen molar-refractivity contribution in [3.8, 4) is 5.75 Å². The molecule has 11 heteroatoms. The lowest BCUT2D eigenvalue weighted by atomic mass is 10.1. The van der Waals surface area contributed by atoms with E-state index in [1.165, 1.54) is 30.3 Å². The second kappa shape index (κ2) is 8.78. The van der Waals surface area contributed by atoms with Gasteiger partial charge in [0, 0.05) is 17.2 Å². The molecule has 142 valence electrons. The number of hydrogen-bond acceptors (Lipinski definition) is 7. The van der Waals surface area contributed by atoms with Crippen LogP contribution < -0.4 is 15.8 Å². The minimum absolute atomic E-state index is 0.0552. The summed E-state index contributed by atoms with van der Waals surface area (Å²) in [5.74, 6) is -1.81. The summed E-state index contributed by atoms with van der Waals surface area (Å²) in [6.45, 7) is -0.633. The number of rotatable bonds is 6. The predicted molar refractivity (Wildman–Crippen MR) is 98.2 cm³/mol. The molecule has 9 nitrogen and oxygen atoms in total. The zero-order chi connectivity index (χ0) is 20.1. The Labute approximate surface area is 162 Å². The summed E-state index contributed by atoms with van der Waals surface area (Å²) in [4.78, 5) is 34.4. The second-order valence-corrected chi connectivity index (χ2v) is 6.07. The van der Waals surface area contributed by atoms with Crippen molar-refractivity contribution in [2.75, 3.05) is 11.9 Å². The quantitative estimate of drug-likeness (QED) is 0.285. The maximum atomic E-state index is 12.5. The number of non-ortho nitro benzene ring substituents is 1. The minimum Gasteiger partial charge on any atom is -0.424 e. The normalized spacial score (nSPS) is 11.6. The SMILES string of the molecule is N[C@H](CO)C(=O)Oc1ccc(Cl)cc1C(=O)Nc1ccc([N+](=O)[O-])cc1Cl. The first kappa shape index (κ1) is 20.6. The topological polar surface area (TPSA) is 145 Å². The van der Waals surface area contributed by atoms with Crippen molar-refractivity contribution >= 4 is 46.5 Å². The lowest BCUT2D eigenvalue weighted by molar-refractivity contribution is -0.384. The molecule has 0 bridgehead atoms. The molecule has 0 unspecified atom stereocenters. The number of carbonyl (C=O) groups is 2. The highest BCUT2D eigenvalue weighted by molar-refractivity contribution is 6.34. The Balaban J connectivity index is 2.29. The summed E-state index contributed by atoms with van der Waals surface area (Å²) in [7, 11) is 0. The van der Waals surface area contributed by atoms with Gasteiger partial charge in [0.05, 0.1) is 27.8 Å². The largest absolute Gasteiger partial charge is 0.424 e. The van der Waals surface area contributed by atoms with Gasteiger partial charge >= 0.3 is 5.97 Å². The first-order valence-electron chi connectivity index (χ1n) is 7.36. The van der Waals surface area contributed by atoms with Crippen molar-refractivity contribution in [2.45, 2.75) is 6.04 Å². The summed E-state index contributed by atoms with van der Waals surface area (Å²) < 4.78 is 5.03. The third-order valence-corrected chi connectivity index (χ3v) is 3.86. The van der Waals surface area contributed by atoms with Gasteiger partial charge in [-0.3, -0.25) is 14.9 Å². The smallest absolute Gasteiger partial charge is 0.330 e. The van der Waals surface area contributed by atoms with Crippen LogP contribution >= 0.6 is 23.2 Å². The standard InChI is InChI=1S/C16H13Cl2N3O6/c17-8-1-4-14(27-16(24)12(19)7-22)10(5-8)15(23)20-13-3-2-9(21(25)26)6-11(13)18/h1-6,12,22H,7,19H2,(H,20,23)/t12-/m1/s1. The van der Waals surface area contributed by atoms with Gasteiger partial charge in [-0.25, -0.2) is 4.79 Å². The molecule has 27 heavy (non-hydrogen) atoms. The van der Waals surface area contributed by atoms with Gasteiger partial charge in [-0.15, -0.1) is 0 Å². The van der Waals surface area contributed by atoms with E-state index in [2.05, 4.69) is 5.32 Å². The first-order chi connectivity index (χ1) is 12.7. The summed E-state index contributed by atoms with van der Waals surface area (Å²) in [5, 5.41) is 22.2. The lowest BCUT2D eigenvalue weighted by Gasteiger charge is -2.13. The number of esters is 1. The van der Waals surface area contributed by atoms with Crippen LogP contribution in [-0.4, -0.2) is 34.6 Å². The molecule has 0 radical (unpaired) electrons. The minimum atomic E-state index is -1.28. The molecule has 0 fully saturated rings. The number of amides is 1. The van der Waals surface area contributed by atoms with Crippen molar-refractivity contribution in [1.82, 2.24) is 0 Å². The Hall–Kier alpha value is -2.72. The number of ether oxygens (including phenoxy) is 1. The van der Waals surface area contributed by atoms with Crippen molar-refractivity contribution in [2.24, 2.45) is 5.73 Å². The van der Waals surface area contributed by atoms with E-state index in [9.17, 15) is 19.7 Å². The van der Waals surface area contributed by atoms with Crippen molar-refractivity contribution in [1.29, 1.82) is 0 Å². The van der Waals surface area contributed by atoms with Crippen LogP contribution in [0.2, 0.25) is 10.0 Å². The Morgan fingerprint density at radius 1 is 1.26 bits per heavy atom. The van der Waals surface area contributed by atoms with E-state index in [0.717, 1.165) is 6.07 Å². The second-order valence-electron chi connectivity index (χ2n) is 5.23. The van der Waals surface area contributed by atoms with E-state index < -0.39 is 29.4 Å². The number of hydrogen-bond donors (Lipinski definition) is 3. The maximum Gasteiger partial charge on any atom is 0.330 e. The number of benzene rings is 2. The number of aliphatic hydroxyl groups excluding tert-OH is 1. The number of nitro benzene ring substituents is 1. The molecular weight excluding hydrogens is 401 g/mol. The van der Waals surface area contributed by atoms with Crippen LogP contribution in [0.3, 0.4) is 0 Å². The van der Waals surface area contributed by atoms with Crippen molar-refractivity contribution < 1.29 is 24.4 Å². The molecule has 0 saturated heterocycles. The fourth-order valence-electron chi connectivity index (χ4n) is 1.94. The number of anilines is 1. The van der Waals surface area contributed by atoms with Crippen LogP contribution in [0.4, 0.5) is 11.4 Å². The van der Waals surface area contributed by atoms with Crippen LogP contribution in [-0.2, 0) is 4.79 Å². The Kier molecular flexibility index (Phi) is 6.70. The molecule has 2 rings (SSSR count). The van der Waals surface area contributed by atoms with E-state index >= 15 is 0 Å². The Bertz CT molecular complexity index is 906. The maximum absolute atomic E-state index is 12.5. The number of aliphatic hydroxyl groups is 1. The Morgan fingerprint density at radius 2 is 1.96 bits per heavy atom. The molecule has 0 aliphatic carbocycles. The number of carbonyl (C=O) groups excluding carboxylic acids is 2. The van der Waals surface area contributed by atoms with E-state index in [1.54, 1.807) is 0 Å². The zero-order valence-corrected chi connectivity index (χ0v) is 15.0. The van der Waals surface area contributed by atoms with E-state index in [-0.39, 0.29) is 32.7 Å². The van der Waals surface area contributed by atoms with Crippen LogP contribution in [0.25, 0.3) is 0 Å². The van der Waals surface area contributed by atoms with Crippen molar-refractivity contribution in [3.63, 3.8) is 0 Å². The molecule has 1 atom stereocenters. The summed E-state index contributed by atoms with van der Waals surface area (Å²) >= 11 is 11.8. The van der Waals surface area contributed by atoms with Crippen LogP contribution in [0.15, 0.2) is 36.4 Å². The first-order valence-corrected chi connectivity index (χ1v) is 8.11. The third-order valence-electron chi connectivity index (χ3n) is 3.31. The molecule has 2 aromatic rings. The number of nitrogens with two attached hydrogens (primary N) is 1. The average Bonchev–Trinajstić information content (AvgIpc) is 2.63. The van der Waals surface area contributed by atoms with E-state index in [1.807, 2.05) is 0 Å². The molecule has 4 N–H and O–H groups in total. The molecule has 0 saturated carbocycles. The van der Waals surface area contributed by atoms with Gasteiger partial charge in [-0.05, 0) is 24.3 Å². The summed E-state index contributed by atoms with van der Waals surface area (Å²) in [6.07, 6.45) is 0. The van der Waals surface area contributed by atoms with Gasteiger partial charge in [-0.2, -0.15) is 0 Å². The average molecular weight is 414 g/mol. The lowest BCUT2D eigenvalue weighted by Crippen LogP contribution is -2.37. The van der Waals surface area contributed by atoms with Gasteiger partial charge < -0.3 is 20.9 Å². The molecule has 0 spiro atoms. The highest BCUT2D eigenvalue weighted by Crippen LogP contribution is 2.29. The third kappa shape index (κ3) is 5.14. The number of nitrogens with zero attached hydrogens (tertiary/aromatic N) is 1. The number of halogens is 2. The molecular formula is C16H13Cl2N3O6. The van der Waals surface area contributed by atoms with E-state index in [0.29, 0.717) is 0 Å². The van der Waals surface area contributed by atoms with Gasteiger partial charge in [-0.1, -0.05) is 23.2 Å². The molecule has 0 aliphatic rings.